The van der Waals surface area contributed by atoms with Gasteiger partial charge in [-0.15, -0.1) is 5.10 Å². The van der Waals surface area contributed by atoms with Crippen molar-refractivity contribution in [3.8, 4) is 0 Å². The van der Waals surface area contributed by atoms with Crippen LogP contribution in [0.4, 0.5) is 5.82 Å². The third kappa shape index (κ3) is 3.04. The average Bonchev–Trinajstić information content (AvgIpc) is 3.08. The van der Waals surface area contributed by atoms with Crippen LogP contribution in [-0.2, 0) is 7.05 Å². The first kappa shape index (κ1) is 13.6. The smallest absolute Gasteiger partial charge is 0.273 e. The molecule has 0 aromatic carbocycles. The Morgan fingerprint density at radius 3 is 2.76 bits per heavy atom. The molecule has 0 saturated carbocycles. The van der Waals surface area contributed by atoms with E-state index in [1.54, 1.807) is 13.2 Å². The number of aromatic amines is 1. The zero-order chi connectivity index (χ0) is 14.8. The predicted octanol–water partition coefficient (Wildman–Crippen LogP) is 0.245. The Bertz CT molecular complexity index is 624. The van der Waals surface area contributed by atoms with Gasteiger partial charge in [0.05, 0.1) is 6.20 Å². The Morgan fingerprint density at radius 1 is 1.43 bits per heavy atom. The molecule has 2 aromatic heterocycles. The zero-order valence-corrected chi connectivity index (χ0v) is 12.2. The standard InChI is InChI=1S/C13H19N7O/c1-9-7-12(17-15-9)20-5-3-10(4-6-20)14-13(21)11-8-19(2)18-16-11/h7-8,10H,3-6H2,1-2H3,(H,14,21)(H,15,17). The number of carbonyl (C=O) groups excluding carboxylic acids is 1. The van der Waals surface area contributed by atoms with Gasteiger partial charge in [0, 0.05) is 37.9 Å². The number of aromatic nitrogens is 5. The van der Waals surface area contributed by atoms with Gasteiger partial charge in [-0.05, 0) is 19.8 Å². The van der Waals surface area contributed by atoms with E-state index in [-0.39, 0.29) is 11.9 Å². The Labute approximate surface area is 122 Å². The molecule has 8 heteroatoms. The van der Waals surface area contributed by atoms with Gasteiger partial charge < -0.3 is 10.2 Å². The maximum atomic E-state index is 12.0. The van der Waals surface area contributed by atoms with Gasteiger partial charge in [-0.2, -0.15) is 5.10 Å². The fourth-order valence-corrected chi connectivity index (χ4v) is 2.53. The minimum atomic E-state index is -0.155. The quantitative estimate of drug-likeness (QED) is 0.845. The van der Waals surface area contributed by atoms with E-state index >= 15 is 0 Å². The second-order valence-corrected chi connectivity index (χ2v) is 5.42. The van der Waals surface area contributed by atoms with Crippen molar-refractivity contribution >= 4 is 11.7 Å². The van der Waals surface area contributed by atoms with E-state index in [0.717, 1.165) is 37.4 Å². The van der Waals surface area contributed by atoms with Crippen LogP contribution in [0.1, 0.15) is 29.0 Å². The van der Waals surface area contributed by atoms with E-state index in [9.17, 15) is 4.79 Å². The average molecular weight is 289 g/mol. The molecule has 1 aliphatic rings. The van der Waals surface area contributed by atoms with Crippen molar-refractivity contribution in [3.63, 3.8) is 0 Å². The lowest BCUT2D eigenvalue weighted by atomic mass is 10.0. The molecule has 0 spiro atoms. The van der Waals surface area contributed by atoms with Crippen LogP contribution < -0.4 is 10.2 Å². The molecular weight excluding hydrogens is 270 g/mol. The summed E-state index contributed by atoms with van der Waals surface area (Å²) in [6.07, 6.45) is 3.42. The summed E-state index contributed by atoms with van der Waals surface area (Å²) in [4.78, 5) is 14.3. The summed E-state index contributed by atoms with van der Waals surface area (Å²) in [5.74, 6) is 0.823. The Balaban J connectivity index is 1.53. The fourth-order valence-electron chi connectivity index (χ4n) is 2.53. The molecule has 0 radical (unpaired) electrons. The zero-order valence-electron chi connectivity index (χ0n) is 12.2. The number of hydrogen-bond acceptors (Lipinski definition) is 5. The van der Waals surface area contributed by atoms with Crippen molar-refractivity contribution in [2.75, 3.05) is 18.0 Å². The van der Waals surface area contributed by atoms with Crippen LogP contribution in [0.5, 0.6) is 0 Å². The highest BCUT2D eigenvalue weighted by molar-refractivity contribution is 5.92. The summed E-state index contributed by atoms with van der Waals surface area (Å²) in [6, 6.07) is 2.22. The van der Waals surface area contributed by atoms with Crippen molar-refractivity contribution in [3.05, 3.63) is 23.7 Å². The first-order valence-electron chi connectivity index (χ1n) is 7.06. The number of piperidine rings is 1. The molecule has 112 valence electrons. The highest BCUT2D eigenvalue weighted by Gasteiger charge is 2.23. The topological polar surface area (TPSA) is 91.7 Å². The molecule has 2 aromatic rings. The highest BCUT2D eigenvalue weighted by atomic mass is 16.2. The third-order valence-electron chi connectivity index (χ3n) is 3.68. The van der Waals surface area contributed by atoms with E-state index in [2.05, 4.69) is 30.7 Å². The number of hydrogen-bond donors (Lipinski definition) is 2. The van der Waals surface area contributed by atoms with E-state index in [0.29, 0.717) is 5.69 Å². The summed E-state index contributed by atoms with van der Waals surface area (Å²) < 4.78 is 1.53. The third-order valence-corrected chi connectivity index (χ3v) is 3.68. The lowest BCUT2D eigenvalue weighted by Gasteiger charge is -2.32. The molecular formula is C13H19N7O. The number of H-pyrrole nitrogens is 1. The molecule has 1 saturated heterocycles. The van der Waals surface area contributed by atoms with Gasteiger partial charge in [0.2, 0.25) is 0 Å². The maximum absolute atomic E-state index is 12.0. The molecule has 3 rings (SSSR count). The van der Waals surface area contributed by atoms with E-state index in [1.165, 1.54) is 4.68 Å². The van der Waals surface area contributed by atoms with Crippen molar-refractivity contribution < 1.29 is 4.79 Å². The first-order valence-corrected chi connectivity index (χ1v) is 7.06. The van der Waals surface area contributed by atoms with Crippen LogP contribution >= 0.6 is 0 Å². The van der Waals surface area contributed by atoms with Gasteiger partial charge in [-0.1, -0.05) is 5.21 Å². The van der Waals surface area contributed by atoms with Gasteiger partial charge in [0.1, 0.15) is 0 Å². The van der Waals surface area contributed by atoms with Crippen molar-refractivity contribution in [1.82, 2.24) is 30.5 Å². The molecule has 2 N–H and O–H groups in total. The van der Waals surface area contributed by atoms with Gasteiger partial charge >= 0.3 is 0 Å². The maximum Gasteiger partial charge on any atom is 0.273 e. The number of nitrogens with one attached hydrogen (secondary N) is 2. The molecule has 0 atom stereocenters. The Morgan fingerprint density at radius 2 is 2.19 bits per heavy atom. The number of aryl methyl sites for hydroxylation is 2. The predicted molar refractivity (Wildman–Crippen MR) is 77.0 cm³/mol. The molecule has 3 heterocycles. The van der Waals surface area contributed by atoms with Gasteiger partial charge in [-0.3, -0.25) is 14.6 Å². The highest BCUT2D eigenvalue weighted by Crippen LogP contribution is 2.18. The number of amides is 1. The van der Waals surface area contributed by atoms with Crippen LogP contribution in [-0.4, -0.2) is 50.2 Å². The normalized spacial score (nSPS) is 16.2. The van der Waals surface area contributed by atoms with Crippen molar-refractivity contribution in [1.29, 1.82) is 0 Å². The summed E-state index contributed by atoms with van der Waals surface area (Å²) in [5.41, 5.74) is 1.42. The van der Waals surface area contributed by atoms with Gasteiger partial charge in [0.25, 0.3) is 5.91 Å². The molecule has 0 aliphatic carbocycles. The fraction of sp³-hybridized carbons (Fsp3) is 0.538. The molecule has 1 aliphatic heterocycles. The molecule has 0 unspecified atom stereocenters. The second kappa shape index (κ2) is 5.55. The molecule has 0 bridgehead atoms. The van der Waals surface area contributed by atoms with Crippen LogP contribution in [0.15, 0.2) is 12.3 Å². The number of carbonyl (C=O) groups is 1. The monoisotopic (exact) mass is 289 g/mol. The van der Waals surface area contributed by atoms with Crippen LogP contribution in [0.25, 0.3) is 0 Å². The number of anilines is 1. The molecule has 21 heavy (non-hydrogen) atoms. The lowest BCUT2D eigenvalue weighted by molar-refractivity contribution is 0.0926. The second-order valence-electron chi connectivity index (χ2n) is 5.42. The van der Waals surface area contributed by atoms with Crippen LogP contribution in [0, 0.1) is 6.92 Å². The summed E-state index contributed by atoms with van der Waals surface area (Å²) in [6.45, 7) is 3.76. The van der Waals surface area contributed by atoms with Gasteiger partial charge in [-0.25, -0.2) is 0 Å². The largest absolute Gasteiger partial charge is 0.355 e. The SMILES string of the molecule is Cc1cc(N2CCC(NC(=O)c3cn(C)nn3)CC2)n[nH]1. The van der Waals surface area contributed by atoms with Crippen LogP contribution in [0.3, 0.4) is 0 Å². The van der Waals surface area contributed by atoms with Crippen molar-refractivity contribution in [2.45, 2.75) is 25.8 Å². The molecule has 1 amide bonds. The Hall–Kier alpha value is -2.38. The molecule has 8 nitrogen and oxygen atoms in total. The first-order chi connectivity index (χ1) is 10.1. The minimum Gasteiger partial charge on any atom is -0.355 e. The lowest BCUT2D eigenvalue weighted by Crippen LogP contribution is -2.45. The number of rotatable bonds is 3. The van der Waals surface area contributed by atoms with Crippen molar-refractivity contribution in [2.24, 2.45) is 7.05 Å². The summed E-state index contributed by atoms with van der Waals surface area (Å²) in [5, 5.41) is 17.8. The number of nitrogens with zero attached hydrogens (tertiary/aromatic N) is 5. The minimum absolute atomic E-state index is 0.155. The summed E-state index contributed by atoms with van der Waals surface area (Å²) in [7, 11) is 1.74. The summed E-state index contributed by atoms with van der Waals surface area (Å²) >= 11 is 0. The van der Waals surface area contributed by atoms with Crippen LogP contribution in [0.2, 0.25) is 0 Å². The van der Waals surface area contributed by atoms with E-state index < -0.39 is 0 Å². The van der Waals surface area contributed by atoms with E-state index in [1.807, 2.05) is 13.0 Å². The van der Waals surface area contributed by atoms with E-state index in [4.69, 9.17) is 0 Å². The Kier molecular flexibility index (Phi) is 3.59. The van der Waals surface area contributed by atoms with Gasteiger partial charge in [0.15, 0.2) is 11.5 Å². The molecule has 1 fully saturated rings.